The Labute approximate surface area is 158 Å². The maximum Gasteiger partial charge on any atom is 0.337 e. The Bertz CT molecular complexity index is 861. The van der Waals surface area contributed by atoms with Gasteiger partial charge in [-0.1, -0.05) is 12.1 Å². The number of urea groups is 1. The van der Waals surface area contributed by atoms with Crippen LogP contribution in [0.3, 0.4) is 0 Å². The van der Waals surface area contributed by atoms with E-state index in [2.05, 4.69) is 5.32 Å². The molecule has 1 aromatic rings. The van der Waals surface area contributed by atoms with Gasteiger partial charge < -0.3 is 5.32 Å². The average molecular weight is 369 g/mol. The number of benzene rings is 1. The minimum atomic E-state index is -1.40. The number of carbonyl (C=O) groups is 4. The lowest BCUT2D eigenvalue weighted by Gasteiger charge is -2.42. The summed E-state index contributed by atoms with van der Waals surface area (Å²) in [5.74, 6) is -1.31. The zero-order chi connectivity index (χ0) is 19.8. The fourth-order valence-electron chi connectivity index (χ4n) is 3.69. The Morgan fingerprint density at radius 2 is 1.89 bits per heavy atom. The van der Waals surface area contributed by atoms with Gasteiger partial charge >= 0.3 is 6.03 Å². The summed E-state index contributed by atoms with van der Waals surface area (Å²) in [5.41, 5.74) is 0.163. The monoisotopic (exact) mass is 369 g/mol. The third kappa shape index (κ3) is 3.13. The highest BCUT2D eigenvalue weighted by Crippen LogP contribution is 2.41. The van der Waals surface area contributed by atoms with Crippen molar-refractivity contribution in [3.8, 4) is 0 Å². The predicted octanol–water partition coefficient (Wildman–Crippen LogP) is 3.08. The van der Waals surface area contributed by atoms with Crippen LogP contribution in [0.5, 0.6) is 0 Å². The first-order chi connectivity index (χ1) is 12.8. The molecule has 0 radical (unpaired) electrons. The highest BCUT2D eigenvalue weighted by Gasteiger charge is 2.55. The molecule has 1 aliphatic heterocycles. The standard InChI is InChI=1S/C20H23N3O4/c1-13(24)21-15-10-7-11-16(12-15)23-18(26)20(2,14-8-5-4-6-9-14)17(25)22(3)19(23)27/h7-8,10-12H,4-6,9H2,1-3H3,(H,21,24). The summed E-state index contributed by atoms with van der Waals surface area (Å²) in [4.78, 5) is 52.4. The van der Waals surface area contributed by atoms with Crippen LogP contribution in [0.1, 0.15) is 39.5 Å². The summed E-state index contributed by atoms with van der Waals surface area (Å²) in [6, 6.07) is 5.78. The van der Waals surface area contributed by atoms with Gasteiger partial charge in [-0.2, -0.15) is 0 Å². The van der Waals surface area contributed by atoms with Crippen molar-refractivity contribution in [2.45, 2.75) is 39.5 Å². The van der Waals surface area contributed by atoms with E-state index < -0.39 is 23.3 Å². The van der Waals surface area contributed by atoms with E-state index >= 15 is 0 Å². The SMILES string of the molecule is CC(=O)Nc1cccc(N2C(=O)N(C)C(=O)C(C)(C3=CCCCC3)C2=O)c1. The minimum absolute atomic E-state index is 0.257. The van der Waals surface area contributed by atoms with E-state index in [0.717, 1.165) is 34.6 Å². The summed E-state index contributed by atoms with van der Waals surface area (Å²) in [6.45, 7) is 2.98. The number of hydrogen-bond acceptors (Lipinski definition) is 4. The highest BCUT2D eigenvalue weighted by atomic mass is 16.2. The fraction of sp³-hybridized carbons (Fsp3) is 0.400. The molecule has 1 aliphatic carbocycles. The predicted molar refractivity (Wildman–Crippen MR) is 101 cm³/mol. The van der Waals surface area contributed by atoms with Crippen LogP contribution in [0.2, 0.25) is 0 Å². The normalized spacial score (nSPS) is 23.4. The van der Waals surface area contributed by atoms with Crippen molar-refractivity contribution in [2.75, 3.05) is 17.3 Å². The van der Waals surface area contributed by atoms with E-state index in [1.165, 1.54) is 14.0 Å². The number of nitrogens with one attached hydrogen (secondary N) is 1. The van der Waals surface area contributed by atoms with Crippen molar-refractivity contribution in [1.82, 2.24) is 4.90 Å². The Morgan fingerprint density at radius 3 is 2.52 bits per heavy atom. The van der Waals surface area contributed by atoms with Gasteiger partial charge in [0.05, 0.1) is 5.69 Å². The molecule has 1 heterocycles. The van der Waals surface area contributed by atoms with Crippen molar-refractivity contribution in [1.29, 1.82) is 0 Å². The topological polar surface area (TPSA) is 86.8 Å². The molecule has 1 saturated heterocycles. The number of hydrogen-bond donors (Lipinski definition) is 1. The molecule has 0 bridgehead atoms. The summed E-state index contributed by atoms with van der Waals surface area (Å²) < 4.78 is 0. The average Bonchev–Trinajstić information content (AvgIpc) is 2.65. The van der Waals surface area contributed by atoms with Gasteiger partial charge in [0, 0.05) is 19.7 Å². The Kier molecular flexibility index (Phi) is 4.87. The van der Waals surface area contributed by atoms with Gasteiger partial charge in [0.1, 0.15) is 5.41 Å². The van der Waals surface area contributed by atoms with Crippen molar-refractivity contribution in [2.24, 2.45) is 5.41 Å². The lowest BCUT2D eigenvalue weighted by Crippen LogP contribution is -2.64. The lowest BCUT2D eigenvalue weighted by molar-refractivity contribution is -0.145. The minimum Gasteiger partial charge on any atom is -0.326 e. The molecule has 0 spiro atoms. The van der Waals surface area contributed by atoms with Gasteiger partial charge in [-0.15, -0.1) is 0 Å². The molecule has 3 rings (SSSR count). The van der Waals surface area contributed by atoms with Crippen LogP contribution < -0.4 is 10.2 Å². The largest absolute Gasteiger partial charge is 0.337 e. The van der Waals surface area contributed by atoms with Crippen LogP contribution in [-0.2, 0) is 14.4 Å². The van der Waals surface area contributed by atoms with Crippen LogP contribution in [0.4, 0.5) is 16.2 Å². The summed E-state index contributed by atoms with van der Waals surface area (Å²) >= 11 is 0. The Morgan fingerprint density at radius 1 is 1.15 bits per heavy atom. The summed E-state index contributed by atoms with van der Waals surface area (Å²) in [6.07, 6.45) is 5.38. The first kappa shape index (κ1) is 18.8. The lowest BCUT2D eigenvalue weighted by atomic mass is 9.73. The van der Waals surface area contributed by atoms with E-state index in [1.807, 2.05) is 6.08 Å². The third-order valence-corrected chi connectivity index (χ3v) is 5.20. The maximum atomic E-state index is 13.4. The number of imide groups is 2. The first-order valence-corrected chi connectivity index (χ1v) is 9.00. The number of nitrogens with zero attached hydrogens (tertiary/aromatic N) is 2. The molecule has 1 N–H and O–H groups in total. The number of amides is 5. The number of barbiturate groups is 1. The molecular weight excluding hydrogens is 346 g/mol. The molecule has 0 saturated carbocycles. The van der Waals surface area contributed by atoms with E-state index in [-0.39, 0.29) is 5.91 Å². The van der Waals surface area contributed by atoms with Crippen molar-refractivity contribution in [3.05, 3.63) is 35.9 Å². The molecule has 1 atom stereocenters. The van der Waals surface area contributed by atoms with Gasteiger partial charge in [-0.05, 0) is 56.4 Å². The van der Waals surface area contributed by atoms with Gasteiger partial charge in [0.15, 0.2) is 0 Å². The molecule has 1 aromatic carbocycles. The van der Waals surface area contributed by atoms with Crippen LogP contribution in [0.25, 0.3) is 0 Å². The summed E-state index contributed by atoms with van der Waals surface area (Å²) in [7, 11) is 1.39. The molecule has 0 aromatic heterocycles. The zero-order valence-corrected chi connectivity index (χ0v) is 15.7. The van der Waals surface area contributed by atoms with Gasteiger partial charge in [0.25, 0.3) is 5.91 Å². The molecule has 2 aliphatic rings. The Hall–Kier alpha value is -2.96. The van der Waals surface area contributed by atoms with E-state index in [9.17, 15) is 19.2 Å². The van der Waals surface area contributed by atoms with E-state index in [1.54, 1.807) is 31.2 Å². The van der Waals surface area contributed by atoms with Crippen LogP contribution in [0.15, 0.2) is 35.9 Å². The number of carbonyl (C=O) groups excluding carboxylic acids is 4. The second-order valence-electron chi connectivity index (χ2n) is 7.12. The Balaban J connectivity index is 2.06. The molecule has 1 fully saturated rings. The molecular formula is C20H23N3O4. The van der Waals surface area contributed by atoms with Gasteiger partial charge in [0.2, 0.25) is 11.8 Å². The number of rotatable bonds is 3. The van der Waals surface area contributed by atoms with E-state index in [4.69, 9.17) is 0 Å². The van der Waals surface area contributed by atoms with Gasteiger partial charge in [-0.3, -0.25) is 19.3 Å². The molecule has 5 amide bonds. The zero-order valence-electron chi connectivity index (χ0n) is 15.7. The maximum absolute atomic E-state index is 13.4. The molecule has 1 unspecified atom stereocenters. The quantitative estimate of drug-likeness (QED) is 0.655. The van der Waals surface area contributed by atoms with Gasteiger partial charge in [-0.25, -0.2) is 9.69 Å². The van der Waals surface area contributed by atoms with Crippen molar-refractivity contribution >= 4 is 35.1 Å². The van der Waals surface area contributed by atoms with Crippen LogP contribution in [0, 0.1) is 5.41 Å². The second-order valence-corrected chi connectivity index (χ2v) is 7.12. The van der Waals surface area contributed by atoms with Crippen molar-refractivity contribution < 1.29 is 19.2 Å². The van der Waals surface area contributed by atoms with E-state index in [0.29, 0.717) is 17.8 Å². The molecule has 7 nitrogen and oxygen atoms in total. The van der Waals surface area contributed by atoms with Crippen molar-refractivity contribution in [3.63, 3.8) is 0 Å². The second kappa shape index (κ2) is 6.98. The molecule has 142 valence electrons. The van der Waals surface area contributed by atoms with Crippen LogP contribution >= 0.6 is 0 Å². The third-order valence-electron chi connectivity index (χ3n) is 5.20. The highest BCUT2D eigenvalue weighted by molar-refractivity contribution is 6.31. The smallest absolute Gasteiger partial charge is 0.326 e. The number of anilines is 2. The first-order valence-electron chi connectivity index (χ1n) is 9.00. The fourth-order valence-corrected chi connectivity index (χ4v) is 3.69. The molecule has 7 heteroatoms. The number of allylic oxidation sites excluding steroid dienone is 1. The van der Waals surface area contributed by atoms with Crippen LogP contribution in [-0.4, -0.2) is 35.7 Å². The molecule has 27 heavy (non-hydrogen) atoms. The summed E-state index contributed by atoms with van der Waals surface area (Å²) in [5, 5.41) is 2.64.